The lowest BCUT2D eigenvalue weighted by Gasteiger charge is -2.13. The molecule has 124 valence electrons. The van der Waals surface area contributed by atoms with E-state index >= 15 is 0 Å². The summed E-state index contributed by atoms with van der Waals surface area (Å²) >= 11 is 1.49. The van der Waals surface area contributed by atoms with Crippen molar-refractivity contribution >= 4 is 23.1 Å². The van der Waals surface area contributed by atoms with Gasteiger partial charge in [-0.05, 0) is 38.1 Å². The summed E-state index contributed by atoms with van der Waals surface area (Å²) < 4.78 is 15.6. The average molecular weight is 345 g/mol. The smallest absolute Gasteiger partial charge is 0.319 e. The van der Waals surface area contributed by atoms with Gasteiger partial charge < -0.3 is 10.6 Å². The molecule has 0 radical (unpaired) electrons. The van der Waals surface area contributed by atoms with Crippen molar-refractivity contribution in [2.45, 2.75) is 19.9 Å². The van der Waals surface area contributed by atoms with E-state index in [1.165, 1.54) is 22.1 Å². The SMILES string of the molecule is Cc1csc([C@@H](C)NC(=O)Nc2ccc(-n3cccn3)c(F)c2)n1. The van der Waals surface area contributed by atoms with Gasteiger partial charge in [-0.2, -0.15) is 5.10 Å². The van der Waals surface area contributed by atoms with Gasteiger partial charge in [0.25, 0.3) is 0 Å². The van der Waals surface area contributed by atoms with Gasteiger partial charge in [-0.3, -0.25) is 0 Å². The van der Waals surface area contributed by atoms with E-state index < -0.39 is 11.8 Å². The van der Waals surface area contributed by atoms with Gasteiger partial charge >= 0.3 is 6.03 Å². The number of benzene rings is 1. The number of carbonyl (C=O) groups excluding carboxylic acids is 1. The van der Waals surface area contributed by atoms with Crippen LogP contribution < -0.4 is 10.6 Å². The molecule has 0 aliphatic carbocycles. The topological polar surface area (TPSA) is 71.8 Å². The predicted octanol–water partition coefficient (Wildman–Crippen LogP) is 3.66. The number of hydrogen-bond acceptors (Lipinski definition) is 4. The fourth-order valence-corrected chi connectivity index (χ4v) is 2.98. The Morgan fingerprint density at radius 2 is 2.25 bits per heavy atom. The number of hydrogen-bond donors (Lipinski definition) is 2. The lowest BCUT2D eigenvalue weighted by Crippen LogP contribution is -2.31. The largest absolute Gasteiger partial charge is 0.329 e. The minimum atomic E-state index is -0.472. The van der Waals surface area contributed by atoms with Gasteiger partial charge in [-0.15, -0.1) is 11.3 Å². The second kappa shape index (κ2) is 6.79. The molecule has 0 saturated carbocycles. The van der Waals surface area contributed by atoms with E-state index in [0.717, 1.165) is 10.7 Å². The van der Waals surface area contributed by atoms with E-state index in [9.17, 15) is 9.18 Å². The highest BCUT2D eigenvalue weighted by Crippen LogP contribution is 2.19. The van der Waals surface area contributed by atoms with E-state index in [4.69, 9.17) is 0 Å². The van der Waals surface area contributed by atoms with Gasteiger partial charge in [0.15, 0.2) is 5.82 Å². The number of anilines is 1. The van der Waals surface area contributed by atoms with Crippen LogP contribution in [0, 0.1) is 12.7 Å². The third kappa shape index (κ3) is 3.60. The fraction of sp³-hybridized carbons (Fsp3) is 0.188. The van der Waals surface area contributed by atoms with Gasteiger partial charge in [0.1, 0.15) is 10.7 Å². The van der Waals surface area contributed by atoms with Gasteiger partial charge in [0, 0.05) is 29.2 Å². The molecule has 3 aromatic rings. The molecule has 0 saturated heterocycles. The second-order valence-corrected chi connectivity index (χ2v) is 6.15. The molecule has 2 amide bonds. The van der Waals surface area contributed by atoms with Gasteiger partial charge in [-0.25, -0.2) is 18.9 Å². The Labute approximate surface area is 142 Å². The molecule has 8 heteroatoms. The van der Waals surface area contributed by atoms with E-state index in [2.05, 4.69) is 20.7 Å². The molecule has 0 bridgehead atoms. The minimum Gasteiger partial charge on any atom is -0.329 e. The van der Waals surface area contributed by atoms with Crippen molar-refractivity contribution in [1.82, 2.24) is 20.1 Å². The molecule has 24 heavy (non-hydrogen) atoms. The molecule has 2 heterocycles. The quantitative estimate of drug-likeness (QED) is 0.758. The number of nitrogens with zero attached hydrogens (tertiary/aromatic N) is 3. The molecule has 0 spiro atoms. The predicted molar refractivity (Wildman–Crippen MR) is 90.9 cm³/mol. The first kappa shape index (κ1) is 16.1. The van der Waals surface area contributed by atoms with Crippen LogP contribution in [0.15, 0.2) is 42.0 Å². The van der Waals surface area contributed by atoms with E-state index in [1.54, 1.807) is 30.6 Å². The van der Waals surface area contributed by atoms with Crippen molar-refractivity contribution in [3.63, 3.8) is 0 Å². The molecule has 2 N–H and O–H groups in total. The number of aryl methyl sites for hydroxylation is 1. The number of nitrogens with one attached hydrogen (secondary N) is 2. The molecule has 1 atom stereocenters. The Morgan fingerprint density at radius 3 is 2.88 bits per heavy atom. The summed E-state index contributed by atoms with van der Waals surface area (Å²) in [5, 5.41) is 12.1. The number of thiazole rings is 1. The lowest BCUT2D eigenvalue weighted by atomic mass is 10.2. The Bertz CT molecular complexity index is 846. The normalized spacial score (nSPS) is 12.0. The highest BCUT2D eigenvalue weighted by molar-refractivity contribution is 7.09. The highest BCUT2D eigenvalue weighted by atomic mass is 32.1. The molecule has 0 aliphatic rings. The zero-order valence-corrected chi connectivity index (χ0v) is 14.0. The van der Waals surface area contributed by atoms with Crippen LogP contribution in [0.5, 0.6) is 0 Å². The number of urea groups is 1. The first-order valence-electron chi connectivity index (χ1n) is 7.32. The number of amides is 2. The molecular formula is C16H16FN5OS. The van der Waals surface area contributed by atoms with Crippen molar-refractivity contribution in [2.24, 2.45) is 0 Å². The summed E-state index contributed by atoms with van der Waals surface area (Å²) in [7, 11) is 0. The Kier molecular flexibility index (Phi) is 4.57. The van der Waals surface area contributed by atoms with E-state index in [0.29, 0.717) is 11.4 Å². The maximum atomic E-state index is 14.2. The summed E-state index contributed by atoms with van der Waals surface area (Å²) in [6.45, 7) is 3.75. The summed E-state index contributed by atoms with van der Waals surface area (Å²) in [4.78, 5) is 16.4. The first-order valence-corrected chi connectivity index (χ1v) is 8.20. The third-order valence-electron chi connectivity index (χ3n) is 3.31. The summed E-state index contributed by atoms with van der Waals surface area (Å²) in [6, 6.07) is 5.51. The first-order chi connectivity index (χ1) is 11.5. The molecule has 6 nitrogen and oxygen atoms in total. The summed E-state index contributed by atoms with van der Waals surface area (Å²) in [6.07, 6.45) is 3.22. The van der Waals surface area contributed by atoms with Crippen molar-refractivity contribution in [2.75, 3.05) is 5.32 Å². The highest BCUT2D eigenvalue weighted by Gasteiger charge is 2.13. The molecule has 0 unspecified atom stereocenters. The van der Waals surface area contributed by atoms with Crippen LogP contribution in [-0.4, -0.2) is 20.8 Å². The van der Waals surface area contributed by atoms with Crippen LogP contribution in [0.2, 0.25) is 0 Å². The molecule has 2 aromatic heterocycles. The van der Waals surface area contributed by atoms with Crippen molar-refractivity contribution in [1.29, 1.82) is 0 Å². The molecule has 1 aromatic carbocycles. The number of rotatable bonds is 4. The zero-order valence-electron chi connectivity index (χ0n) is 13.2. The molecule has 3 rings (SSSR count). The summed E-state index contributed by atoms with van der Waals surface area (Å²) in [5.74, 6) is -0.472. The number of halogens is 1. The number of carbonyl (C=O) groups is 1. The molecule has 0 aliphatic heterocycles. The second-order valence-electron chi connectivity index (χ2n) is 5.26. The Hall–Kier alpha value is -2.74. The molecule has 0 fully saturated rings. The van der Waals surface area contributed by atoms with Gasteiger partial charge in [0.05, 0.1) is 6.04 Å². The maximum absolute atomic E-state index is 14.2. The van der Waals surface area contributed by atoms with Crippen LogP contribution in [0.25, 0.3) is 5.69 Å². The Morgan fingerprint density at radius 1 is 1.42 bits per heavy atom. The van der Waals surface area contributed by atoms with Crippen molar-refractivity contribution in [3.8, 4) is 5.69 Å². The van der Waals surface area contributed by atoms with E-state index in [1.807, 2.05) is 19.2 Å². The average Bonchev–Trinajstić information content (AvgIpc) is 3.18. The van der Waals surface area contributed by atoms with Crippen LogP contribution in [0.1, 0.15) is 23.7 Å². The van der Waals surface area contributed by atoms with Crippen molar-refractivity contribution in [3.05, 3.63) is 58.6 Å². The van der Waals surface area contributed by atoms with Crippen LogP contribution in [0.3, 0.4) is 0 Å². The van der Waals surface area contributed by atoms with Gasteiger partial charge in [0.2, 0.25) is 0 Å². The van der Waals surface area contributed by atoms with E-state index in [-0.39, 0.29) is 6.04 Å². The van der Waals surface area contributed by atoms with Crippen LogP contribution >= 0.6 is 11.3 Å². The van der Waals surface area contributed by atoms with Crippen LogP contribution in [-0.2, 0) is 0 Å². The Balaban J connectivity index is 1.65. The molecular weight excluding hydrogens is 329 g/mol. The lowest BCUT2D eigenvalue weighted by molar-refractivity contribution is 0.249. The van der Waals surface area contributed by atoms with Gasteiger partial charge in [-0.1, -0.05) is 0 Å². The minimum absolute atomic E-state index is 0.225. The van der Waals surface area contributed by atoms with Crippen LogP contribution in [0.4, 0.5) is 14.9 Å². The monoisotopic (exact) mass is 345 g/mol. The standard InChI is InChI=1S/C16H16FN5OS/c1-10-9-24-15(19-10)11(2)20-16(23)21-12-4-5-14(13(17)8-12)22-7-3-6-18-22/h3-9,11H,1-2H3,(H2,20,21,23)/t11-/m1/s1. The number of aromatic nitrogens is 3. The third-order valence-corrected chi connectivity index (χ3v) is 4.46. The van der Waals surface area contributed by atoms with Crippen molar-refractivity contribution < 1.29 is 9.18 Å². The fourth-order valence-electron chi connectivity index (χ4n) is 2.18. The summed E-state index contributed by atoms with van der Waals surface area (Å²) in [5.41, 5.74) is 1.60. The zero-order chi connectivity index (χ0) is 17.1. The maximum Gasteiger partial charge on any atom is 0.319 e.